The molecule has 0 aromatic heterocycles. The molecule has 0 atom stereocenters. The van der Waals surface area contributed by atoms with Crippen LogP contribution in [0.4, 0.5) is 17.6 Å². The van der Waals surface area contributed by atoms with Crippen LogP contribution in [-0.2, 0) is 6.42 Å². The molecule has 2 aromatic carbocycles. The van der Waals surface area contributed by atoms with Gasteiger partial charge in [-0.3, -0.25) is 4.79 Å². The zero-order chi connectivity index (χ0) is 14.0. The van der Waals surface area contributed by atoms with Gasteiger partial charge in [0.05, 0.1) is 0 Å². The van der Waals surface area contributed by atoms with Gasteiger partial charge in [0.15, 0.2) is 17.4 Å². The first kappa shape index (κ1) is 13.3. The third-order valence-electron chi connectivity index (χ3n) is 2.57. The van der Waals surface area contributed by atoms with Gasteiger partial charge < -0.3 is 0 Å². The summed E-state index contributed by atoms with van der Waals surface area (Å²) in [6.45, 7) is 0. The lowest BCUT2D eigenvalue weighted by molar-refractivity contribution is 0.0990. The van der Waals surface area contributed by atoms with Crippen molar-refractivity contribution in [1.29, 1.82) is 0 Å². The van der Waals surface area contributed by atoms with Crippen LogP contribution in [0, 0.1) is 23.3 Å². The van der Waals surface area contributed by atoms with Crippen molar-refractivity contribution in [3.05, 3.63) is 70.8 Å². The quantitative estimate of drug-likeness (QED) is 0.613. The minimum atomic E-state index is -1.13. The number of carbonyl (C=O) groups is 1. The number of hydrogen-bond donors (Lipinski definition) is 0. The van der Waals surface area contributed by atoms with Crippen LogP contribution in [0.25, 0.3) is 0 Å². The molecule has 2 rings (SSSR count). The summed E-state index contributed by atoms with van der Waals surface area (Å²) in [5.74, 6) is -4.70. The van der Waals surface area contributed by atoms with E-state index in [2.05, 4.69) is 0 Å². The van der Waals surface area contributed by atoms with Gasteiger partial charge in [-0.25, -0.2) is 17.6 Å². The van der Waals surface area contributed by atoms with E-state index >= 15 is 0 Å². The lowest BCUT2D eigenvalue weighted by Gasteiger charge is -2.04. The third-order valence-corrected chi connectivity index (χ3v) is 2.57. The fourth-order valence-corrected chi connectivity index (χ4v) is 1.67. The Bertz CT molecular complexity index is 617. The van der Waals surface area contributed by atoms with E-state index in [1.165, 1.54) is 12.1 Å². The molecule has 0 radical (unpaired) electrons. The monoisotopic (exact) mass is 268 g/mol. The van der Waals surface area contributed by atoms with Crippen LogP contribution < -0.4 is 0 Å². The summed E-state index contributed by atoms with van der Waals surface area (Å²) in [5.41, 5.74) is -0.379. The van der Waals surface area contributed by atoms with Crippen molar-refractivity contribution in [2.24, 2.45) is 0 Å². The molecule has 5 heteroatoms. The van der Waals surface area contributed by atoms with E-state index in [4.69, 9.17) is 0 Å². The predicted octanol–water partition coefficient (Wildman–Crippen LogP) is 3.67. The topological polar surface area (TPSA) is 17.1 Å². The molecule has 0 saturated carbocycles. The van der Waals surface area contributed by atoms with E-state index in [9.17, 15) is 22.4 Å². The number of hydrogen-bond acceptors (Lipinski definition) is 1. The molecule has 1 nitrogen and oxygen atoms in total. The number of carbonyl (C=O) groups excluding carboxylic acids is 1. The lowest BCUT2D eigenvalue weighted by atomic mass is 10.0. The minimum absolute atomic E-state index is 0.158. The van der Waals surface area contributed by atoms with Crippen LogP contribution in [0.1, 0.15) is 15.9 Å². The molecule has 2 aromatic rings. The third kappa shape index (κ3) is 2.99. The van der Waals surface area contributed by atoms with E-state index in [0.29, 0.717) is 6.07 Å². The van der Waals surface area contributed by atoms with Crippen molar-refractivity contribution in [2.45, 2.75) is 6.42 Å². The second-order valence-electron chi connectivity index (χ2n) is 3.97. The fraction of sp³-hybridized carbons (Fsp3) is 0.0714. The zero-order valence-corrected chi connectivity index (χ0v) is 9.59. The molecule has 0 saturated heterocycles. The zero-order valence-electron chi connectivity index (χ0n) is 9.59. The Hall–Kier alpha value is -2.17. The van der Waals surface area contributed by atoms with Crippen molar-refractivity contribution in [3.63, 3.8) is 0 Å². The first-order valence-corrected chi connectivity index (χ1v) is 5.39. The average molecular weight is 268 g/mol. The molecule has 98 valence electrons. The van der Waals surface area contributed by atoms with Crippen LogP contribution in [0.2, 0.25) is 0 Å². The Morgan fingerprint density at radius 3 is 2.21 bits per heavy atom. The normalized spacial score (nSPS) is 10.5. The summed E-state index contributed by atoms with van der Waals surface area (Å²) in [6, 6.07) is 5.75. The predicted molar refractivity (Wildman–Crippen MR) is 60.8 cm³/mol. The van der Waals surface area contributed by atoms with E-state index in [0.717, 1.165) is 18.2 Å². The van der Waals surface area contributed by atoms with Crippen LogP contribution in [0.3, 0.4) is 0 Å². The minimum Gasteiger partial charge on any atom is -0.294 e. The second-order valence-corrected chi connectivity index (χ2v) is 3.97. The molecule has 0 aliphatic rings. The van der Waals surface area contributed by atoms with E-state index in [-0.39, 0.29) is 11.1 Å². The summed E-state index contributed by atoms with van der Waals surface area (Å²) in [6.07, 6.45) is -0.466. The van der Waals surface area contributed by atoms with Gasteiger partial charge >= 0.3 is 0 Å². The smallest absolute Gasteiger partial charge is 0.167 e. The van der Waals surface area contributed by atoms with Gasteiger partial charge in [-0.1, -0.05) is 12.1 Å². The molecule has 19 heavy (non-hydrogen) atoms. The van der Waals surface area contributed by atoms with E-state index in [1.807, 2.05) is 0 Å². The highest BCUT2D eigenvalue weighted by Crippen LogP contribution is 2.15. The van der Waals surface area contributed by atoms with Gasteiger partial charge in [0, 0.05) is 18.1 Å². The first-order chi connectivity index (χ1) is 8.97. The lowest BCUT2D eigenvalue weighted by Crippen LogP contribution is -2.07. The number of benzene rings is 2. The second kappa shape index (κ2) is 5.22. The molecule has 0 unspecified atom stereocenters. The maximum atomic E-state index is 13.4. The number of halogens is 4. The van der Waals surface area contributed by atoms with Crippen LogP contribution >= 0.6 is 0 Å². The Kier molecular flexibility index (Phi) is 3.64. The van der Waals surface area contributed by atoms with Crippen molar-refractivity contribution in [1.82, 2.24) is 0 Å². The van der Waals surface area contributed by atoms with Gasteiger partial charge in [0.25, 0.3) is 0 Å². The summed E-state index contributed by atoms with van der Waals surface area (Å²) >= 11 is 0. The largest absolute Gasteiger partial charge is 0.294 e. The van der Waals surface area contributed by atoms with Crippen molar-refractivity contribution >= 4 is 5.78 Å². The summed E-state index contributed by atoms with van der Waals surface area (Å²) in [7, 11) is 0. The highest BCUT2D eigenvalue weighted by Gasteiger charge is 2.14. The molecule has 0 bridgehead atoms. The van der Waals surface area contributed by atoms with Crippen molar-refractivity contribution in [3.8, 4) is 0 Å². The van der Waals surface area contributed by atoms with Crippen LogP contribution in [0.5, 0.6) is 0 Å². The van der Waals surface area contributed by atoms with Gasteiger partial charge in [0.2, 0.25) is 0 Å². The molecule has 0 fully saturated rings. The highest BCUT2D eigenvalue weighted by atomic mass is 19.2. The first-order valence-electron chi connectivity index (χ1n) is 5.39. The number of rotatable bonds is 3. The number of Topliss-reactive ketones (excluding diaryl/α,β-unsaturated/α-hetero) is 1. The van der Waals surface area contributed by atoms with Gasteiger partial charge in [0.1, 0.15) is 11.6 Å². The molecule has 0 N–H and O–H groups in total. The van der Waals surface area contributed by atoms with E-state index < -0.39 is 35.5 Å². The molecule has 0 amide bonds. The Morgan fingerprint density at radius 2 is 1.58 bits per heavy atom. The molecular formula is C14H8F4O. The Balaban J connectivity index is 2.28. The average Bonchev–Trinajstić information content (AvgIpc) is 2.33. The van der Waals surface area contributed by atoms with Crippen LogP contribution in [0.15, 0.2) is 36.4 Å². The Morgan fingerprint density at radius 1 is 0.947 bits per heavy atom. The molecule has 0 heterocycles. The van der Waals surface area contributed by atoms with Gasteiger partial charge in [-0.15, -0.1) is 0 Å². The summed E-state index contributed by atoms with van der Waals surface area (Å²) in [5, 5.41) is 0. The van der Waals surface area contributed by atoms with Crippen molar-refractivity contribution < 1.29 is 22.4 Å². The maximum Gasteiger partial charge on any atom is 0.167 e. The number of ketones is 1. The molecule has 0 aliphatic carbocycles. The highest BCUT2D eigenvalue weighted by molar-refractivity contribution is 5.97. The molecule has 0 aliphatic heterocycles. The summed E-state index contributed by atoms with van der Waals surface area (Å²) < 4.78 is 52.2. The van der Waals surface area contributed by atoms with Gasteiger partial charge in [-0.05, 0) is 23.8 Å². The van der Waals surface area contributed by atoms with Gasteiger partial charge in [-0.2, -0.15) is 0 Å². The maximum absolute atomic E-state index is 13.4. The summed E-state index contributed by atoms with van der Waals surface area (Å²) in [4.78, 5) is 11.8. The van der Waals surface area contributed by atoms with E-state index in [1.54, 1.807) is 0 Å². The molecular weight excluding hydrogens is 260 g/mol. The SMILES string of the molecule is O=C(Cc1cccc(F)c1F)c1cc(F)cc(F)c1. The van der Waals surface area contributed by atoms with Crippen molar-refractivity contribution in [2.75, 3.05) is 0 Å². The Labute approximate surface area is 106 Å². The van der Waals surface area contributed by atoms with Crippen LogP contribution in [-0.4, -0.2) is 5.78 Å². The standard InChI is InChI=1S/C14H8F4O/c15-10-4-9(5-11(16)7-10)13(19)6-8-2-1-3-12(17)14(8)18/h1-5,7H,6H2. The molecule has 0 spiro atoms. The fourth-order valence-electron chi connectivity index (χ4n) is 1.67.